The van der Waals surface area contributed by atoms with E-state index in [0.717, 1.165) is 0 Å². The van der Waals surface area contributed by atoms with Gasteiger partial charge >= 0.3 is 0 Å². The summed E-state index contributed by atoms with van der Waals surface area (Å²) in [6, 6.07) is 10.8. The predicted octanol–water partition coefficient (Wildman–Crippen LogP) is 10.2. The number of rotatable bonds is 22. The van der Waals surface area contributed by atoms with Crippen molar-refractivity contribution in [3.05, 3.63) is 48.5 Å². The first-order chi connectivity index (χ1) is 16.9. The number of imidazole rings is 1. The van der Waals surface area contributed by atoms with Gasteiger partial charge in [0.05, 0.1) is 5.92 Å². The highest BCUT2D eigenvalue weighted by Gasteiger charge is 2.23. The molecule has 0 spiro atoms. The van der Waals surface area contributed by atoms with Crippen LogP contribution in [0.1, 0.15) is 154 Å². The minimum Gasteiger partial charge on any atom is -0.247 e. The van der Waals surface area contributed by atoms with Gasteiger partial charge in [0.15, 0.2) is 0 Å². The quantitative estimate of drug-likeness (QED) is 0.131. The summed E-state index contributed by atoms with van der Waals surface area (Å²) < 4.78 is 2.39. The number of aromatic amines is 1. The molecule has 1 aromatic heterocycles. The van der Waals surface area contributed by atoms with Crippen LogP contribution in [-0.4, -0.2) is 4.98 Å². The van der Waals surface area contributed by atoms with Crippen LogP contribution in [-0.2, 0) is 0 Å². The molecule has 192 valence electrons. The average Bonchev–Trinajstić information content (AvgIpc) is 3.36. The van der Waals surface area contributed by atoms with Gasteiger partial charge in [-0.3, -0.25) is 0 Å². The van der Waals surface area contributed by atoms with Crippen LogP contribution >= 0.6 is 0 Å². The Morgan fingerprint density at radius 3 is 1.50 bits per heavy atom. The molecule has 1 heterocycles. The Bertz CT molecular complexity index is 690. The van der Waals surface area contributed by atoms with E-state index < -0.39 is 0 Å². The van der Waals surface area contributed by atoms with Crippen LogP contribution in [0.5, 0.6) is 0 Å². The minimum atomic E-state index is 0.643. The van der Waals surface area contributed by atoms with Gasteiger partial charge in [0.25, 0.3) is 5.82 Å². The van der Waals surface area contributed by atoms with E-state index >= 15 is 0 Å². The highest BCUT2D eigenvalue weighted by Crippen LogP contribution is 2.26. The lowest BCUT2D eigenvalue weighted by atomic mass is 9.93. The highest BCUT2D eigenvalue weighted by atomic mass is 15.1. The van der Waals surface area contributed by atoms with Crippen molar-refractivity contribution in [2.45, 2.75) is 148 Å². The molecule has 2 nitrogen and oxygen atoms in total. The molecule has 2 heteroatoms. The Balaban J connectivity index is 1.68. The summed E-state index contributed by atoms with van der Waals surface area (Å²) in [7, 11) is 0. The molecule has 0 aliphatic carbocycles. The molecule has 1 aromatic carbocycles. The van der Waals surface area contributed by atoms with Crippen LogP contribution in [0.3, 0.4) is 0 Å². The fourth-order valence-electron chi connectivity index (χ4n) is 5.30. The van der Waals surface area contributed by atoms with Crippen molar-refractivity contribution in [1.29, 1.82) is 0 Å². The second kappa shape index (κ2) is 19.7. The van der Waals surface area contributed by atoms with Crippen molar-refractivity contribution in [1.82, 2.24) is 4.98 Å². The van der Waals surface area contributed by atoms with Crippen LogP contribution in [0.25, 0.3) is 5.69 Å². The van der Waals surface area contributed by atoms with Gasteiger partial charge in [-0.1, -0.05) is 148 Å². The normalized spacial score (nSPS) is 12.3. The summed E-state index contributed by atoms with van der Waals surface area (Å²) in [6.07, 6.45) is 32.4. The van der Waals surface area contributed by atoms with Crippen LogP contribution in [0.4, 0.5) is 0 Å². The fraction of sp³-hybridized carbons (Fsp3) is 0.719. The molecule has 0 aliphatic heterocycles. The average molecular weight is 468 g/mol. The summed E-state index contributed by atoms with van der Waals surface area (Å²) in [5.41, 5.74) is 1.28. The molecule has 2 rings (SSSR count). The van der Waals surface area contributed by atoms with E-state index in [2.05, 4.69) is 66.1 Å². The van der Waals surface area contributed by atoms with E-state index in [1.54, 1.807) is 0 Å². The number of hydrogen-bond donors (Lipinski definition) is 1. The Kier molecular flexibility index (Phi) is 16.6. The van der Waals surface area contributed by atoms with Crippen molar-refractivity contribution in [3.8, 4) is 5.69 Å². The summed E-state index contributed by atoms with van der Waals surface area (Å²) in [6.45, 7) is 4.61. The van der Waals surface area contributed by atoms with Crippen molar-refractivity contribution in [2.24, 2.45) is 0 Å². The molecule has 0 saturated heterocycles. The lowest BCUT2D eigenvalue weighted by molar-refractivity contribution is -0.604. The molecule has 0 unspecified atom stereocenters. The maximum Gasteiger partial charge on any atom is 0.262 e. The van der Waals surface area contributed by atoms with Crippen LogP contribution in [0.15, 0.2) is 42.7 Å². The van der Waals surface area contributed by atoms with E-state index in [1.807, 2.05) is 0 Å². The molecule has 0 saturated carbocycles. The number of benzene rings is 1. The summed E-state index contributed by atoms with van der Waals surface area (Å²) in [5, 5.41) is 0. The third-order valence-corrected chi connectivity index (χ3v) is 7.45. The third kappa shape index (κ3) is 12.2. The van der Waals surface area contributed by atoms with E-state index in [9.17, 15) is 0 Å². The fourth-order valence-corrected chi connectivity index (χ4v) is 5.30. The number of nitrogens with zero attached hydrogens (tertiary/aromatic N) is 1. The molecular weight excluding hydrogens is 412 g/mol. The van der Waals surface area contributed by atoms with E-state index in [1.165, 1.54) is 140 Å². The second-order valence-corrected chi connectivity index (χ2v) is 10.5. The standard InChI is InChI=1S/C32H54N2/c1-3-5-7-9-10-11-12-13-14-15-16-18-21-25-30(24-20-17-8-6-4-2)32-33-28-29-34(32)31-26-22-19-23-27-31/h19,22-23,26-30H,3-18,20-21,24-25H2,1-2H3/p+1/t30-/m0/s1. The van der Waals surface area contributed by atoms with E-state index in [0.29, 0.717) is 5.92 Å². The number of nitrogens with one attached hydrogen (secondary N) is 1. The summed E-state index contributed by atoms with van der Waals surface area (Å²) >= 11 is 0. The van der Waals surface area contributed by atoms with Crippen molar-refractivity contribution >= 4 is 0 Å². The maximum absolute atomic E-state index is 3.62. The lowest BCUT2D eigenvalue weighted by Gasteiger charge is -2.14. The Hall–Kier alpha value is -1.57. The Labute approximate surface area is 212 Å². The van der Waals surface area contributed by atoms with Crippen molar-refractivity contribution < 1.29 is 4.57 Å². The largest absolute Gasteiger partial charge is 0.262 e. The molecule has 0 radical (unpaired) electrons. The Morgan fingerprint density at radius 1 is 0.588 bits per heavy atom. The van der Waals surface area contributed by atoms with Gasteiger partial charge in [-0.2, -0.15) is 4.57 Å². The topological polar surface area (TPSA) is 19.7 Å². The second-order valence-electron chi connectivity index (χ2n) is 10.5. The first-order valence-electron chi connectivity index (χ1n) is 15.0. The maximum atomic E-state index is 3.62. The summed E-state index contributed by atoms with van der Waals surface area (Å²) in [5.74, 6) is 2.05. The molecule has 2 aromatic rings. The number of hydrogen-bond acceptors (Lipinski definition) is 0. The van der Waals surface area contributed by atoms with Gasteiger partial charge in [0.2, 0.25) is 0 Å². The molecule has 0 fully saturated rings. The molecule has 1 N–H and O–H groups in total. The highest BCUT2D eigenvalue weighted by molar-refractivity contribution is 5.22. The molecular formula is C32H55N2+. The summed E-state index contributed by atoms with van der Waals surface area (Å²) in [4.78, 5) is 3.62. The van der Waals surface area contributed by atoms with Gasteiger partial charge in [-0.05, 0) is 25.0 Å². The van der Waals surface area contributed by atoms with Crippen LogP contribution < -0.4 is 4.57 Å². The zero-order valence-electron chi connectivity index (χ0n) is 22.7. The zero-order valence-corrected chi connectivity index (χ0v) is 22.7. The van der Waals surface area contributed by atoms with Gasteiger partial charge < -0.3 is 0 Å². The first kappa shape index (κ1) is 28.7. The molecule has 34 heavy (non-hydrogen) atoms. The zero-order chi connectivity index (χ0) is 24.1. The van der Waals surface area contributed by atoms with Crippen LogP contribution in [0, 0.1) is 0 Å². The van der Waals surface area contributed by atoms with Crippen molar-refractivity contribution in [2.75, 3.05) is 0 Å². The van der Waals surface area contributed by atoms with E-state index in [4.69, 9.17) is 0 Å². The minimum absolute atomic E-state index is 0.643. The SMILES string of the molecule is CCCCCCCCCCCCCCC[C@H](CCCCCCC)c1[nH]cc[n+]1-c1ccccc1. The van der Waals surface area contributed by atoms with E-state index in [-0.39, 0.29) is 0 Å². The first-order valence-corrected chi connectivity index (χ1v) is 15.0. The molecule has 1 atom stereocenters. The number of aromatic nitrogens is 2. The van der Waals surface area contributed by atoms with Crippen molar-refractivity contribution in [3.63, 3.8) is 0 Å². The third-order valence-electron chi connectivity index (χ3n) is 7.45. The molecule has 0 aliphatic rings. The number of H-pyrrole nitrogens is 1. The lowest BCUT2D eigenvalue weighted by Crippen LogP contribution is -2.34. The van der Waals surface area contributed by atoms with Gasteiger partial charge in [0, 0.05) is 0 Å². The number of para-hydroxylation sites is 1. The number of unbranched alkanes of at least 4 members (excludes halogenated alkanes) is 16. The molecule has 0 amide bonds. The van der Waals surface area contributed by atoms with Crippen LogP contribution in [0.2, 0.25) is 0 Å². The smallest absolute Gasteiger partial charge is 0.247 e. The van der Waals surface area contributed by atoms with Gasteiger partial charge in [-0.15, -0.1) is 0 Å². The van der Waals surface area contributed by atoms with Gasteiger partial charge in [0.1, 0.15) is 18.1 Å². The predicted molar refractivity (Wildman–Crippen MR) is 149 cm³/mol. The van der Waals surface area contributed by atoms with Gasteiger partial charge in [-0.25, -0.2) is 4.98 Å². The monoisotopic (exact) mass is 467 g/mol. The molecule has 0 bridgehead atoms. The Morgan fingerprint density at radius 2 is 1.03 bits per heavy atom.